The summed E-state index contributed by atoms with van der Waals surface area (Å²) in [7, 11) is -3.98. The van der Waals surface area contributed by atoms with E-state index in [1.165, 1.54) is 30.3 Å². The number of carbonyl (C=O) groups is 1. The Bertz CT molecular complexity index is 896. The first kappa shape index (κ1) is 20.0. The molecule has 0 aliphatic heterocycles. The Balaban J connectivity index is 2.19. The van der Waals surface area contributed by atoms with Crippen molar-refractivity contribution in [3.05, 3.63) is 57.5 Å². The lowest BCUT2D eigenvalue weighted by atomic mass is 10.1. The van der Waals surface area contributed by atoms with Crippen LogP contribution < -0.4 is 5.32 Å². The van der Waals surface area contributed by atoms with E-state index in [2.05, 4.69) is 5.32 Å². The van der Waals surface area contributed by atoms with E-state index in [1.807, 2.05) is 0 Å². The molecule has 0 fully saturated rings. The fourth-order valence-electron chi connectivity index (χ4n) is 1.99. The molecule has 0 aliphatic carbocycles. The molecule has 1 amide bonds. The van der Waals surface area contributed by atoms with Crippen molar-refractivity contribution >= 4 is 56.2 Å². The van der Waals surface area contributed by atoms with E-state index in [1.54, 1.807) is 12.1 Å². The Morgan fingerprint density at radius 1 is 1.08 bits per heavy atom. The number of aliphatic hydroxyl groups is 1. The summed E-state index contributed by atoms with van der Waals surface area (Å²) in [5, 5.41) is 13.5. The number of sulfone groups is 1. The molecule has 134 valence electrons. The van der Waals surface area contributed by atoms with Crippen molar-refractivity contribution in [3.63, 3.8) is 0 Å². The lowest BCUT2D eigenvalue weighted by Gasteiger charge is -2.22. The standard InChI is InChI=1S/C16H14Cl3NO4S/c1-16(22,15(21)20-11-4-2-10(17)3-5-11)9-25(23,24)12-6-7-13(18)14(19)8-12/h2-8,22H,9H2,1H3,(H,20,21)/t16-/m1/s1. The molecule has 0 spiro atoms. The third kappa shape index (κ3) is 5.09. The highest BCUT2D eigenvalue weighted by Gasteiger charge is 2.36. The molecule has 2 aromatic carbocycles. The van der Waals surface area contributed by atoms with Crippen LogP contribution in [-0.4, -0.2) is 30.8 Å². The largest absolute Gasteiger partial charge is 0.379 e. The maximum atomic E-state index is 12.5. The summed E-state index contributed by atoms with van der Waals surface area (Å²) in [4.78, 5) is 12.1. The van der Waals surface area contributed by atoms with Gasteiger partial charge in [0, 0.05) is 10.7 Å². The van der Waals surface area contributed by atoms with Crippen LogP contribution in [0.25, 0.3) is 0 Å². The minimum Gasteiger partial charge on any atom is -0.379 e. The van der Waals surface area contributed by atoms with Crippen LogP contribution in [0.15, 0.2) is 47.4 Å². The molecule has 0 aromatic heterocycles. The highest BCUT2D eigenvalue weighted by molar-refractivity contribution is 7.91. The second-order valence-corrected chi connectivity index (χ2v) is 8.81. The van der Waals surface area contributed by atoms with Gasteiger partial charge < -0.3 is 10.4 Å². The van der Waals surface area contributed by atoms with E-state index in [0.717, 1.165) is 6.92 Å². The second kappa shape index (κ2) is 7.51. The first-order valence-electron chi connectivity index (χ1n) is 6.98. The molecule has 2 rings (SSSR count). The van der Waals surface area contributed by atoms with Gasteiger partial charge in [0.05, 0.1) is 20.7 Å². The highest BCUT2D eigenvalue weighted by atomic mass is 35.5. The molecule has 0 unspecified atom stereocenters. The fraction of sp³-hybridized carbons (Fsp3) is 0.188. The van der Waals surface area contributed by atoms with E-state index in [4.69, 9.17) is 34.8 Å². The van der Waals surface area contributed by atoms with Gasteiger partial charge in [-0.25, -0.2) is 8.42 Å². The van der Waals surface area contributed by atoms with Crippen LogP contribution in [0.3, 0.4) is 0 Å². The molecule has 0 aliphatic rings. The van der Waals surface area contributed by atoms with Gasteiger partial charge in [-0.1, -0.05) is 34.8 Å². The average Bonchev–Trinajstić information content (AvgIpc) is 2.51. The molecule has 9 heteroatoms. The fourth-order valence-corrected chi connectivity index (χ4v) is 4.09. The van der Waals surface area contributed by atoms with Gasteiger partial charge in [-0.3, -0.25) is 4.79 Å². The van der Waals surface area contributed by atoms with Crippen molar-refractivity contribution in [3.8, 4) is 0 Å². The van der Waals surface area contributed by atoms with Crippen molar-refractivity contribution < 1.29 is 18.3 Å². The Hall–Kier alpha value is -1.31. The number of hydrogen-bond donors (Lipinski definition) is 2. The van der Waals surface area contributed by atoms with Gasteiger partial charge in [0.2, 0.25) is 0 Å². The normalized spacial score (nSPS) is 14.0. The van der Waals surface area contributed by atoms with Gasteiger partial charge in [0.1, 0.15) is 0 Å². The minimum absolute atomic E-state index is 0.0630. The number of amides is 1. The molecule has 2 N–H and O–H groups in total. The zero-order valence-corrected chi connectivity index (χ0v) is 16.0. The number of benzene rings is 2. The molecular formula is C16H14Cl3NO4S. The third-order valence-corrected chi connectivity index (χ3v) is 6.22. The first-order chi connectivity index (χ1) is 11.5. The summed E-state index contributed by atoms with van der Waals surface area (Å²) in [6.45, 7) is 1.12. The lowest BCUT2D eigenvalue weighted by Crippen LogP contribution is -2.45. The Morgan fingerprint density at radius 2 is 1.68 bits per heavy atom. The highest BCUT2D eigenvalue weighted by Crippen LogP contribution is 2.27. The monoisotopic (exact) mass is 421 g/mol. The number of carbonyl (C=O) groups excluding carboxylic acids is 1. The summed E-state index contributed by atoms with van der Waals surface area (Å²) in [5.74, 6) is -1.68. The van der Waals surface area contributed by atoms with Crippen LogP contribution in [0.4, 0.5) is 5.69 Å². The van der Waals surface area contributed by atoms with E-state index in [0.29, 0.717) is 10.7 Å². The number of rotatable bonds is 5. The Morgan fingerprint density at radius 3 is 2.24 bits per heavy atom. The predicted octanol–water partition coefficient (Wildman–Crippen LogP) is 3.81. The zero-order valence-electron chi connectivity index (χ0n) is 13.0. The number of anilines is 1. The molecule has 0 saturated carbocycles. The van der Waals surface area contributed by atoms with Gasteiger partial charge in [0.15, 0.2) is 15.4 Å². The average molecular weight is 423 g/mol. The number of halogens is 3. The summed E-state index contributed by atoms with van der Waals surface area (Å²) < 4.78 is 24.9. The van der Waals surface area contributed by atoms with Gasteiger partial charge in [-0.2, -0.15) is 0 Å². The first-order valence-corrected chi connectivity index (χ1v) is 9.77. The molecule has 0 heterocycles. The van der Waals surface area contributed by atoms with E-state index >= 15 is 0 Å². The molecular weight excluding hydrogens is 409 g/mol. The molecule has 0 radical (unpaired) electrons. The predicted molar refractivity (Wildman–Crippen MR) is 99.2 cm³/mol. The van der Waals surface area contributed by atoms with Gasteiger partial charge in [-0.15, -0.1) is 0 Å². The minimum atomic E-state index is -3.98. The summed E-state index contributed by atoms with van der Waals surface area (Å²) in [6.07, 6.45) is 0. The third-order valence-electron chi connectivity index (χ3n) is 3.31. The van der Waals surface area contributed by atoms with Crippen LogP contribution >= 0.6 is 34.8 Å². The summed E-state index contributed by atoms with van der Waals surface area (Å²) in [5.41, 5.74) is -1.79. The van der Waals surface area contributed by atoms with Gasteiger partial charge >= 0.3 is 0 Å². The topological polar surface area (TPSA) is 83.5 Å². The Labute approximate surface area is 160 Å². The van der Waals surface area contributed by atoms with Gasteiger partial charge in [-0.05, 0) is 49.4 Å². The van der Waals surface area contributed by atoms with Crippen molar-refractivity contribution in [2.75, 3.05) is 11.1 Å². The van der Waals surface area contributed by atoms with Crippen LogP contribution in [0.5, 0.6) is 0 Å². The van der Waals surface area contributed by atoms with Crippen LogP contribution in [0, 0.1) is 0 Å². The van der Waals surface area contributed by atoms with Crippen LogP contribution in [-0.2, 0) is 14.6 Å². The molecule has 25 heavy (non-hydrogen) atoms. The maximum absolute atomic E-state index is 12.5. The van der Waals surface area contributed by atoms with Crippen molar-refractivity contribution in [1.29, 1.82) is 0 Å². The van der Waals surface area contributed by atoms with Gasteiger partial charge in [0.25, 0.3) is 5.91 Å². The summed E-state index contributed by atoms with van der Waals surface area (Å²) >= 11 is 17.3. The maximum Gasteiger partial charge on any atom is 0.257 e. The summed E-state index contributed by atoms with van der Waals surface area (Å²) in [6, 6.07) is 9.94. The lowest BCUT2D eigenvalue weighted by molar-refractivity contribution is -0.130. The molecule has 1 atom stereocenters. The zero-order chi connectivity index (χ0) is 18.8. The molecule has 0 saturated heterocycles. The number of nitrogens with one attached hydrogen (secondary N) is 1. The molecule has 2 aromatic rings. The van der Waals surface area contributed by atoms with Crippen molar-refractivity contribution in [1.82, 2.24) is 0 Å². The van der Waals surface area contributed by atoms with Crippen LogP contribution in [0.2, 0.25) is 15.1 Å². The van der Waals surface area contributed by atoms with E-state index < -0.39 is 27.1 Å². The van der Waals surface area contributed by atoms with Crippen molar-refractivity contribution in [2.45, 2.75) is 17.4 Å². The molecule has 5 nitrogen and oxygen atoms in total. The smallest absolute Gasteiger partial charge is 0.257 e. The van der Waals surface area contributed by atoms with E-state index in [9.17, 15) is 18.3 Å². The van der Waals surface area contributed by atoms with E-state index in [-0.39, 0.29) is 14.9 Å². The SMILES string of the molecule is C[C@@](O)(CS(=O)(=O)c1ccc(Cl)c(Cl)c1)C(=O)Nc1ccc(Cl)cc1. The van der Waals surface area contributed by atoms with Crippen LogP contribution in [0.1, 0.15) is 6.92 Å². The molecule has 0 bridgehead atoms. The number of hydrogen-bond acceptors (Lipinski definition) is 4. The second-order valence-electron chi connectivity index (χ2n) is 5.57. The quantitative estimate of drug-likeness (QED) is 0.767. The Kier molecular flexibility index (Phi) is 6.01. The van der Waals surface area contributed by atoms with Crippen molar-refractivity contribution in [2.24, 2.45) is 0 Å².